The Balaban J connectivity index is 1.73. The molecule has 36 heavy (non-hydrogen) atoms. The molecule has 3 aliphatic heterocycles. The Hall–Kier alpha value is -1.47. The summed E-state index contributed by atoms with van der Waals surface area (Å²) in [6.45, 7) is 0.936. The maximum atomic E-state index is 6.74. The summed E-state index contributed by atoms with van der Waals surface area (Å²) in [6.07, 6.45) is 6.26. The van der Waals surface area contributed by atoms with E-state index in [1.807, 2.05) is 6.07 Å². The standard InChI is InChI=1S/C27H29BrCl3NO4/c1-33-20-9-8-17-18(7-5-3-4-6-11-28)24-19-14-22-21(35-15-36-22)13-16(19)10-12-32(24)26(27(29,30)31)23(17)25(20)34-2/h8-9,13-14,26H,3-7,10-12,15H2,1-2H3. The Morgan fingerprint density at radius 2 is 1.75 bits per heavy atom. The molecule has 0 radical (unpaired) electrons. The topological polar surface area (TPSA) is 40.2 Å². The molecule has 0 fully saturated rings. The Morgan fingerprint density at radius 3 is 2.44 bits per heavy atom. The zero-order valence-electron chi connectivity index (χ0n) is 20.3. The van der Waals surface area contributed by atoms with E-state index in [0.717, 1.165) is 64.9 Å². The van der Waals surface area contributed by atoms with Crippen LogP contribution < -0.4 is 18.9 Å². The first-order valence-corrected chi connectivity index (χ1v) is 14.4. The molecule has 0 amide bonds. The van der Waals surface area contributed by atoms with E-state index in [1.165, 1.54) is 24.0 Å². The Kier molecular flexibility index (Phi) is 7.79. The highest BCUT2D eigenvalue weighted by atomic mass is 79.9. The van der Waals surface area contributed by atoms with E-state index in [9.17, 15) is 0 Å². The lowest BCUT2D eigenvalue weighted by molar-refractivity contribution is 0.174. The molecule has 3 aliphatic rings. The maximum Gasteiger partial charge on any atom is 0.231 e. The summed E-state index contributed by atoms with van der Waals surface area (Å²) in [5, 5.41) is 1.03. The summed E-state index contributed by atoms with van der Waals surface area (Å²) in [5.74, 6) is 2.78. The molecular weight excluding hydrogens is 589 g/mol. The third-order valence-corrected chi connectivity index (χ3v) is 8.34. The second-order valence-corrected chi connectivity index (χ2v) is 12.4. The van der Waals surface area contributed by atoms with E-state index in [1.54, 1.807) is 14.2 Å². The van der Waals surface area contributed by atoms with Crippen LogP contribution in [0.3, 0.4) is 0 Å². The van der Waals surface area contributed by atoms with Crippen molar-refractivity contribution in [2.75, 3.05) is 32.9 Å². The number of hydrogen-bond acceptors (Lipinski definition) is 5. The second-order valence-electron chi connectivity index (χ2n) is 9.19. The van der Waals surface area contributed by atoms with E-state index in [0.29, 0.717) is 18.0 Å². The van der Waals surface area contributed by atoms with Gasteiger partial charge >= 0.3 is 0 Å². The number of fused-ring (bicyclic) bond motifs is 5. The number of allylic oxidation sites excluding steroid dienone is 1. The maximum absolute atomic E-state index is 6.74. The number of benzene rings is 2. The lowest BCUT2D eigenvalue weighted by Gasteiger charge is -2.47. The second kappa shape index (κ2) is 10.7. The highest BCUT2D eigenvalue weighted by Crippen LogP contribution is 2.59. The van der Waals surface area contributed by atoms with E-state index < -0.39 is 9.83 Å². The molecule has 2 aromatic rings. The Bertz CT molecular complexity index is 1180. The molecule has 0 aliphatic carbocycles. The van der Waals surface area contributed by atoms with Crippen molar-refractivity contribution in [3.05, 3.63) is 46.5 Å². The van der Waals surface area contributed by atoms with Crippen molar-refractivity contribution in [2.24, 2.45) is 0 Å². The summed E-state index contributed by atoms with van der Waals surface area (Å²) >= 11 is 23.7. The Labute approximate surface area is 235 Å². The van der Waals surface area contributed by atoms with Gasteiger partial charge in [0.05, 0.1) is 14.2 Å². The van der Waals surface area contributed by atoms with Gasteiger partial charge in [-0.2, -0.15) is 0 Å². The number of hydrogen-bond donors (Lipinski definition) is 0. The molecule has 1 atom stereocenters. The van der Waals surface area contributed by atoms with Crippen LogP contribution in [0.2, 0.25) is 0 Å². The number of alkyl halides is 4. The quantitative estimate of drug-likeness (QED) is 0.222. The monoisotopic (exact) mass is 615 g/mol. The molecule has 0 spiro atoms. The zero-order chi connectivity index (χ0) is 25.4. The smallest absolute Gasteiger partial charge is 0.231 e. The minimum Gasteiger partial charge on any atom is -0.493 e. The van der Waals surface area contributed by atoms with Crippen molar-refractivity contribution < 1.29 is 18.9 Å². The molecule has 0 aromatic heterocycles. The van der Waals surface area contributed by atoms with Gasteiger partial charge in [-0.25, -0.2) is 0 Å². The number of methoxy groups -OCH3 is 2. The normalized spacial score (nSPS) is 18.1. The summed E-state index contributed by atoms with van der Waals surface area (Å²) in [4.78, 5) is 2.25. The molecule has 0 N–H and O–H groups in total. The van der Waals surface area contributed by atoms with E-state index in [2.05, 4.69) is 39.0 Å². The zero-order valence-corrected chi connectivity index (χ0v) is 24.2. The molecule has 0 bridgehead atoms. The SMILES string of the molecule is COc1ccc2c(c1OC)C(C(Cl)(Cl)Cl)N1CCc3cc4c(cc3C1=C2CCCCCCBr)OCO4. The molecule has 0 saturated heterocycles. The van der Waals surface area contributed by atoms with Gasteiger partial charge in [0.1, 0.15) is 6.04 Å². The van der Waals surface area contributed by atoms with Gasteiger partial charge in [0.15, 0.2) is 23.0 Å². The third kappa shape index (κ3) is 4.63. The Morgan fingerprint density at radius 1 is 1.00 bits per heavy atom. The van der Waals surface area contributed by atoms with E-state index >= 15 is 0 Å². The van der Waals surface area contributed by atoms with Crippen LogP contribution in [0.15, 0.2) is 24.3 Å². The van der Waals surface area contributed by atoms with Gasteiger partial charge in [-0.1, -0.05) is 69.6 Å². The number of unbranched alkanes of at least 4 members (excludes halogenated alkanes) is 3. The van der Waals surface area contributed by atoms with Crippen molar-refractivity contribution in [1.82, 2.24) is 4.90 Å². The minimum atomic E-state index is -1.60. The molecular formula is C27H29BrCl3NO4. The number of rotatable bonds is 8. The van der Waals surface area contributed by atoms with Crippen LogP contribution in [0.5, 0.6) is 23.0 Å². The van der Waals surface area contributed by atoms with Crippen LogP contribution in [0.25, 0.3) is 11.3 Å². The van der Waals surface area contributed by atoms with Gasteiger partial charge in [0, 0.05) is 28.7 Å². The minimum absolute atomic E-state index is 0.234. The van der Waals surface area contributed by atoms with Gasteiger partial charge in [-0.05, 0) is 60.6 Å². The van der Waals surface area contributed by atoms with Crippen LogP contribution in [-0.4, -0.2) is 41.6 Å². The van der Waals surface area contributed by atoms with Gasteiger partial charge in [-0.15, -0.1) is 0 Å². The van der Waals surface area contributed by atoms with Crippen molar-refractivity contribution in [2.45, 2.75) is 48.4 Å². The predicted molar refractivity (Wildman–Crippen MR) is 149 cm³/mol. The van der Waals surface area contributed by atoms with Crippen molar-refractivity contribution >= 4 is 62.0 Å². The van der Waals surface area contributed by atoms with Crippen molar-refractivity contribution in [3.63, 3.8) is 0 Å². The van der Waals surface area contributed by atoms with Crippen LogP contribution in [0.1, 0.15) is 60.4 Å². The van der Waals surface area contributed by atoms with Gasteiger partial charge < -0.3 is 23.8 Å². The van der Waals surface area contributed by atoms with Crippen LogP contribution in [0, 0.1) is 0 Å². The molecule has 2 aromatic carbocycles. The van der Waals surface area contributed by atoms with Gasteiger partial charge in [0.25, 0.3) is 0 Å². The van der Waals surface area contributed by atoms with Gasteiger partial charge in [-0.3, -0.25) is 0 Å². The molecule has 1 unspecified atom stereocenters. The third-order valence-electron chi connectivity index (χ3n) is 7.16. The molecule has 9 heteroatoms. The summed E-state index contributed by atoms with van der Waals surface area (Å²) in [6, 6.07) is 7.67. The van der Waals surface area contributed by atoms with E-state index in [4.69, 9.17) is 53.8 Å². The van der Waals surface area contributed by atoms with E-state index in [-0.39, 0.29) is 6.79 Å². The average Bonchev–Trinajstić information content (AvgIpc) is 3.32. The first-order chi connectivity index (χ1) is 17.4. The molecule has 0 saturated carbocycles. The first kappa shape index (κ1) is 26.1. The number of nitrogens with zero attached hydrogens (tertiary/aromatic N) is 1. The number of halogens is 4. The van der Waals surface area contributed by atoms with Crippen molar-refractivity contribution in [3.8, 4) is 23.0 Å². The summed E-state index contributed by atoms with van der Waals surface area (Å²) < 4.78 is 21.3. The molecule has 194 valence electrons. The van der Waals surface area contributed by atoms with Crippen molar-refractivity contribution in [1.29, 1.82) is 0 Å². The fraction of sp³-hybridized carbons (Fsp3) is 0.481. The van der Waals surface area contributed by atoms with Crippen LogP contribution >= 0.6 is 50.7 Å². The van der Waals surface area contributed by atoms with Crippen LogP contribution in [0.4, 0.5) is 0 Å². The molecule has 3 heterocycles. The summed E-state index contributed by atoms with van der Waals surface area (Å²) in [5.41, 5.74) is 6.57. The number of ether oxygens (including phenoxy) is 4. The fourth-order valence-corrected chi connectivity index (χ4v) is 6.70. The lowest BCUT2D eigenvalue weighted by atomic mass is 9.80. The fourth-order valence-electron chi connectivity index (χ4n) is 5.62. The average molecular weight is 618 g/mol. The first-order valence-electron chi connectivity index (χ1n) is 12.2. The van der Waals surface area contributed by atoms with Gasteiger partial charge in [0.2, 0.25) is 10.6 Å². The predicted octanol–water partition coefficient (Wildman–Crippen LogP) is 7.93. The highest BCUT2D eigenvalue weighted by Gasteiger charge is 2.48. The molecule has 5 rings (SSSR count). The largest absolute Gasteiger partial charge is 0.493 e. The van der Waals surface area contributed by atoms with Crippen LogP contribution in [-0.2, 0) is 6.42 Å². The summed E-state index contributed by atoms with van der Waals surface area (Å²) in [7, 11) is 3.27. The lowest BCUT2D eigenvalue weighted by Crippen LogP contribution is -2.42. The highest BCUT2D eigenvalue weighted by molar-refractivity contribution is 9.09. The molecule has 5 nitrogen and oxygen atoms in total.